The molecule has 0 aliphatic carbocycles. The summed E-state index contributed by atoms with van der Waals surface area (Å²) in [6, 6.07) is 7.48. The summed E-state index contributed by atoms with van der Waals surface area (Å²) in [4.78, 5) is 0. The van der Waals surface area contributed by atoms with Gasteiger partial charge in [0.25, 0.3) is 0 Å². The van der Waals surface area contributed by atoms with Gasteiger partial charge in [-0.25, -0.2) is 0 Å². The van der Waals surface area contributed by atoms with Gasteiger partial charge in [-0.3, -0.25) is 0 Å². The van der Waals surface area contributed by atoms with Gasteiger partial charge in [0.1, 0.15) is 0 Å². The highest BCUT2D eigenvalue weighted by Gasteiger charge is 1.85. The molecule has 0 bridgehead atoms. The van der Waals surface area contributed by atoms with Crippen LogP contribution in [0.15, 0.2) is 24.3 Å². The van der Waals surface area contributed by atoms with Gasteiger partial charge in [-0.1, -0.05) is 17.5 Å². The van der Waals surface area contributed by atoms with Crippen molar-refractivity contribution in [2.75, 3.05) is 0 Å². The van der Waals surface area contributed by atoms with Gasteiger partial charge in [-0.05, 0) is 38.5 Å². The van der Waals surface area contributed by atoms with Gasteiger partial charge in [0.15, 0.2) is 0 Å². The fourth-order valence-corrected chi connectivity index (χ4v) is 1.22. The lowest BCUT2D eigenvalue weighted by molar-refractivity contribution is 1.65. The average Bonchev–Trinajstić information content (AvgIpc) is 2.04. The second-order valence-corrected chi connectivity index (χ2v) is 3.93. The lowest BCUT2D eigenvalue weighted by Gasteiger charge is -1.88. The van der Waals surface area contributed by atoms with E-state index in [1.54, 1.807) is 0 Å². The summed E-state index contributed by atoms with van der Waals surface area (Å²) in [7, 11) is 1.48. The van der Waals surface area contributed by atoms with Crippen LogP contribution in [0.5, 0.6) is 0 Å². The molecule has 0 unspecified atom stereocenters. The Balaban J connectivity index is 2.82. The Labute approximate surface area is 87.3 Å². The Morgan fingerprint density at radius 1 is 1.27 bits per heavy atom. The van der Waals surface area contributed by atoms with Crippen molar-refractivity contribution in [1.29, 1.82) is 0 Å². The summed E-state index contributed by atoms with van der Waals surface area (Å²) in [5.74, 6) is 2.97. The van der Waals surface area contributed by atoms with Crippen LogP contribution in [0.25, 0.3) is 0 Å². The number of hydrogen-bond donors (Lipinski definition) is 0. The standard InChI is InChI=1S/C8H4ClIS/c9-8-3-1-7(2-4-8)5-6-11-10/h1-4H. The summed E-state index contributed by atoms with van der Waals surface area (Å²) < 4.78 is 0. The maximum Gasteiger partial charge on any atom is 0.0406 e. The van der Waals surface area contributed by atoms with E-state index in [4.69, 9.17) is 11.6 Å². The van der Waals surface area contributed by atoms with Crippen LogP contribution >= 0.6 is 41.7 Å². The SMILES string of the molecule is Clc1ccc(C#CSI)cc1. The first kappa shape index (κ1) is 9.24. The Morgan fingerprint density at radius 2 is 1.91 bits per heavy atom. The Bertz CT molecular complexity index is 283. The normalized spacial score (nSPS) is 8.55. The molecule has 0 saturated heterocycles. The molecule has 0 aliphatic rings. The minimum absolute atomic E-state index is 0.748. The van der Waals surface area contributed by atoms with Gasteiger partial charge < -0.3 is 0 Å². The van der Waals surface area contributed by atoms with Crippen LogP contribution in [0.1, 0.15) is 5.56 Å². The summed E-state index contributed by atoms with van der Waals surface area (Å²) in [5.41, 5.74) is 0.999. The van der Waals surface area contributed by atoms with Crippen LogP contribution in [-0.4, -0.2) is 0 Å². The van der Waals surface area contributed by atoms with E-state index in [0.29, 0.717) is 0 Å². The fourth-order valence-electron chi connectivity index (χ4n) is 0.611. The average molecular weight is 295 g/mol. The van der Waals surface area contributed by atoms with Crippen LogP contribution in [-0.2, 0) is 0 Å². The number of rotatable bonds is 0. The third kappa shape index (κ3) is 3.37. The third-order valence-corrected chi connectivity index (χ3v) is 2.17. The molecule has 0 aromatic heterocycles. The molecule has 0 saturated carbocycles. The zero-order valence-corrected chi connectivity index (χ0v) is 9.20. The van der Waals surface area contributed by atoms with Crippen molar-refractivity contribution < 1.29 is 0 Å². The van der Waals surface area contributed by atoms with Gasteiger partial charge in [0.2, 0.25) is 0 Å². The first-order valence-corrected chi connectivity index (χ1v) is 6.61. The van der Waals surface area contributed by atoms with Crippen LogP contribution < -0.4 is 0 Å². The molecule has 0 aliphatic heterocycles. The third-order valence-electron chi connectivity index (χ3n) is 1.08. The smallest absolute Gasteiger partial charge is 0.0406 e. The van der Waals surface area contributed by atoms with Crippen LogP contribution in [0.3, 0.4) is 0 Å². The molecule has 56 valence electrons. The number of halogens is 2. The Kier molecular flexibility index (Phi) is 4.13. The van der Waals surface area contributed by atoms with E-state index in [0.717, 1.165) is 10.6 Å². The predicted octanol–water partition coefficient (Wildman–Crippen LogP) is 3.73. The molecule has 0 radical (unpaired) electrons. The number of benzene rings is 1. The molecular formula is C8H4ClIS. The topological polar surface area (TPSA) is 0 Å². The zero-order chi connectivity index (χ0) is 8.10. The maximum absolute atomic E-state index is 5.69. The largest absolute Gasteiger partial charge is 0.0843 e. The maximum atomic E-state index is 5.69. The van der Waals surface area contributed by atoms with Crippen molar-refractivity contribution in [3.8, 4) is 11.2 Å². The van der Waals surface area contributed by atoms with Crippen molar-refractivity contribution in [1.82, 2.24) is 0 Å². The Morgan fingerprint density at radius 3 is 2.45 bits per heavy atom. The molecule has 1 rings (SSSR count). The minimum Gasteiger partial charge on any atom is -0.0843 e. The fraction of sp³-hybridized carbons (Fsp3) is 0. The molecule has 0 atom stereocenters. The molecular weight excluding hydrogens is 291 g/mol. The summed E-state index contributed by atoms with van der Waals surface area (Å²) >= 11 is 7.83. The number of hydrogen-bond acceptors (Lipinski definition) is 1. The predicted molar refractivity (Wildman–Crippen MR) is 59.9 cm³/mol. The summed E-state index contributed by atoms with van der Waals surface area (Å²) in [6.45, 7) is 0. The van der Waals surface area contributed by atoms with Crippen molar-refractivity contribution in [2.24, 2.45) is 0 Å². The second-order valence-electron chi connectivity index (χ2n) is 1.81. The molecule has 0 spiro atoms. The van der Waals surface area contributed by atoms with E-state index in [1.807, 2.05) is 24.3 Å². The molecule has 0 nitrogen and oxygen atoms in total. The molecule has 0 amide bonds. The second kappa shape index (κ2) is 4.91. The molecule has 0 heterocycles. The molecule has 1 aromatic carbocycles. The quantitative estimate of drug-likeness (QED) is 0.519. The molecule has 3 heteroatoms. The minimum atomic E-state index is 0.748. The van der Waals surface area contributed by atoms with Gasteiger partial charge in [0.05, 0.1) is 0 Å². The van der Waals surface area contributed by atoms with E-state index in [-0.39, 0.29) is 0 Å². The highest BCUT2D eigenvalue weighted by Crippen LogP contribution is 2.10. The van der Waals surface area contributed by atoms with Gasteiger partial charge >= 0.3 is 0 Å². The first-order chi connectivity index (χ1) is 5.33. The van der Waals surface area contributed by atoms with E-state index >= 15 is 0 Å². The van der Waals surface area contributed by atoms with Crippen LogP contribution in [0, 0.1) is 11.2 Å². The zero-order valence-electron chi connectivity index (χ0n) is 5.47. The molecule has 0 N–H and O–H groups in total. The van der Waals surface area contributed by atoms with Gasteiger partial charge in [0, 0.05) is 31.8 Å². The van der Waals surface area contributed by atoms with Crippen molar-refractivity contribution in [3.63, 3.8) is 0 Å². The van der Waals surface area contributed by atoms with Gasteiger partial charge in [-0.15, -0.1) is 0 Å². The lowest BCUT2D eigenvalue weighted by atomic mass is 10.2. The van der Waals surface area contributed by atoms with Gasteiger partial charge in [-0.2, -0.15) is 0 Å². The van der Waals surface area contributed by atoms with Crippen LogP contribution in [0.2, 0.25) is 5.02 Å². The summed E-state index contributed by atoms with van der Waals surface area (Å²) in [6.07, 6.45) is 0. The highest BCUT2D eigenvalue weighted by atomic mass is 127. The molecule has 0 fully saturated rings. The molecule has 11 heavy (non-hydrogen) atoms. The van der Waals surface area contributed by atoms with Crippen molar-refractivity contribution >= 4 is 41.7 Å². The van der Waals surface area contributed by atoms with E-state index in [9.17, 15) is 0 Å². The van der Waals surface area contributed by atoms with E-state index in [2.05, 4.69) is 32.4 Å². The van der Waals surface area contributed by atoms with E-state index in [1.165, 1.54) is 8.93 Å². The first-order valence-electron chi connectivity index (χ1n) is 2.87. The lowest BCUT2D eigenvalue weighted by Crippen LogP contribution is -1.70. The van der Waals surface area contributed by atoms with Crippen LogP contribution in [0.4, 0.5) is 0 Å². The van der Waals surface area contributed by atoms with E-state index < -0.39 is 0 Å². The van der Waals surface area contributed by atoms with Crippen molar-refractivity contribution in [2.45, 2.75) is 0 Å². The summed E-state index contributed by atoms with van der Waals surface area (Å²) in [5, 5.41) is 3.64. The Hall–Kier alpha value is 0.150. The highest BCUT2D eigenvalue weighted by molar-refractivity contribution is 14.2. The molecule has 1 aromatic rings. The monoisotopic (exact) mass is 294 g/mol. The van der Waals surface area contributed by atoms with Crippen molar-refractivity contribution in [3.05, 3.63) is 34.9 Å².